The number of nitrogens with one attached hydrogen (secondary N) is 1. The van der Waals surface area contributed by atoms with Crippen LogP contribution >= 0.6 is 15.9 Å². The van der Waals surface area contributed by atoms with Gasteiger partial charge in [0.1, 0.15) is 5.82 Å². The summed E-state index contributed by atoms with van der Waals surface area (Å²) in [6.07, 6.45) is 6.50. The van der Waals surface area contributed by atoms with E-state index in [-0.39, 0.29) is 5.82 Å². The quantitative estimate of drug-likeness (QED) is 0.916. The van der Waals surface area contributed by atoms with Crippen LogP contribution in [0.3, 0.4) is 0 Å². The van der Waals surface area contributed by atoms with Crippen molar-refractivity contribution in [3.63, 3.8) is 0 Å². The van der Waals surface area contributed by atoms with Crippen LogP contribution in [0.1, 0.15) is 24.0 Å². The van der Waals surface area contributed by atoms with Gasteiger partial charge in [-0.25, -0.2) is 4.39 Å². The van der Waals surface area contributed by atoms with E-state index in [2.05, 4.69) is 26.3 Å². The Balaban J connectivity index is 1.63. The fourth-order valence-electron chi connectivity index (χ4n) is 1.96. The summed E-state index contributed by atoms with van der Waals surface area (Å²) in [5.74, 6) is -0.237. The highest BCUT2D eigenvalue weighted by Crippen LogP contribution is 2.19. The molecule has 0 saturated heterocycles. The van der Waals surface area contributed by atoms with Crippen molar-refractivity contribution in [1.29, 1.82) is 0 Å². The molecule has 1 N–H and O–H groups in total. The maximum absolute atomic E-state index is 13.1. The first-order valence-electron chi connectivity index (χ1n) is 6.39. The second kappa shape index (κ2) is 5.43. The lowest BCUT2D eigenvalue weighted by Crippen LogP contribution is -2.14. The van der Waals surface area contributed by atoms with Crippen LogP contribution in [0.2, 0.25) is 0 Å². The van der Waals surface area contributed by atoms with E-state index >= 15 is 0 Å². The van der Waals surface area contributed by atoms with E-state index in [0.29, 0.717) is 17.1 Å². The van der Waals surface area contributed by atoms with Gasteiger partial charge in [0.05, 0.1) is 17.2 Å². The molecule has 0 radical (unpaired) electrons. The van der Waals surface area contributed by atoms with Gasteiger partial charge in [0, 0.05) is 24.3 Å². The van der Waals surface area contributed by atoms with Gasteiger partial charge in [-0.15, -0.1) is 0 Å². The van der Waals surface area contributed by atoms with E-state index in [0.717, 1.165) is 12.1 Å². The normalized spacial score (nSPS) is 14.8. The molecule has 1 aromatic carbocycles. The number of rotatable bonds is 5. The smallest absolute Gasteiger partial charge is 0.137 e. The lowest BCUT2D eigenvalue weighted by molar-refractivity contribution is 0.617. The molecule has 100 valence electrons. The first kappa shape index (κ1) is 12.8. The van der Waals surface area contributed by atoms with Crippen molar-refractivity contribution in [2.75, 3.05) is 0 Å². The second-order valence-electron chi connectivity index (χ2n) is 4.95. The van der Waals surface area contributed by atoms with Gasteiger partial charge in [0.25, 0.3) is 0 Å². The first-order valence-corrected chi connectivity index (χ1v) is 7.18. The van der Waals surface area contributed by atoms with Gasteiger partial charge in [-0.05, 0) is 46.5 Å². The fraction of sp³-hybridized carbons (Fsp3) is 0.357. The lowest BCUT2D eigenvalue weighted by Gasteiger charge is -2.03. The standard InChI is InChI=1S/C14H15BrFN3/c15-13-5-10(1-4-14(13)16)8-19-9-11(7-18-19)6-17-12-2-3-12/h1,4-5,7,9,12,17H,2-3,6,8H2. The van der Waals surface area contributed by atoms with Gasteiger partial charge in [-0.3, -0.25) is 4.68 Å². The monoisotopic (exact) mass is 323 g/mol. The molecule has 19 heavy (non-hydrogen) atoms. The zero-order valence-electron chi connectivity index (χ0n) is 10.4. The molecule has 0 bridgehead atoms. The fourth-order valence-corrected chi connectivity index (χ4v) is 2.39. The summed E-state index contributed by atoms with van der Waals surface area (Å²) >= 11 is 3.20. The highest BCUT2D eigenvalue weighted by atomic mass is 79.9. The van der Waals surface area contributed by atoms with Gasteiger partial charge in [-0.2, -0.15) is 5.10 Å². The Bertz CT molecular complexity index is 578. The number of halogens is 2. The van der Waals surface area contributed by atoms with Crippen molar-refractivity contribution < 1.29 is 4.39 Å². The molecule has 0 amide bonds. The molecule has 5 heteroatoms. The molecular weight excluding hydrogens is 309 g/mol. The molecule has 1 heterocycles. The van der Waals surface area contributed by atoms with Crippen molar-refractivity contribution in [2.24, 2.45) is 0 Å². The summed E-state index contributed by atoms with van der Waals surface area (Å²) in [5, 5.41) is 7.79. The Hall–Kier alpha value is -1.20. The van der Waals surface area contributed by atoms with Crippen molar-refractivity contribution >= 4 is 15.9 Å². The average Bonchev–Trinajstić information content (AvgIpc) is 3.12. The molecule has 1 fully saturated rings. The van der Waals surface area contributed by atoms with Gasteiger partial charge in [0.2, 0.25) is 0 Å². The van der Waals surface area contributed by atoms with E-state index in [4.69, 9.17) is 0 Å². The van der Waals surface area contributed by atoms with Crippen molar-refractivity contribution in [3.05, 3.63) is 52.0 Å². The van der Waals surface area contributed by atoms with E-state index in [1.165, 1.54) is 24.5 Å². The molecule has 1 aliphatic carbocycles. The molecule has 0 spiro atoms. The van der Waals surface area contributed by atoms with Crippen molar-refractivity contribution in [2.45, 2.75) is 32.0 Å². The maximum Gasteiger partial charge on any atom is 0.137 e. The van der Waals surface area contributed by atoms with Crippen LogP contribution in [-0.4, -0.2) is 15.8 Å². The third-order valence-electron chi connectivity index (χ3n) is 3.19. The molecule has 3 nitrogen and oxygen atoms in total. The highest BCUT2D eigenvalue weighted by Gasteiger charge is 2.20. The summed E-state index contributed by atoms with van der Waals surface area (Å²) in [6, 6.07) is 5.75. The average molecular weight is 324 g/mol. The minimum absolute atomic E-state index is 0.237. The summed E-state index contributed by atoms with van der Waals surface area (Å²) in [6.45, 7) is 1.53. The summed E-state index contributed by atoms with van der Waals surface area (Å²) in [4.78, 5) is 0. The maximum atomic E-state index is 13.1. The van der Waals surface area contributed by atoms with Gasteiger partial charge >= 0.3 is 0 Å². The predicted molar refractivity (Wildman–Crippen MR) is 75.3 cm³/mol. The van der Waals surface area contributed by atoms with E-state index < -0.39 is 0 Å². The Morgan fingerprint density at radius 1 is 1.37 bits per heavy atom. The Labute approximate surface area is 119 Å². The van der Waals surface area contributed by atoms with Crippen LogP contribution < -0.4 is 5.32 Å². The van der Waals surface area contributed by atoms with Gasteiger partial charge in [0.15, 0.2) is 0 Å². The Morgan fingerprint density at radius 2 is 2.21 bits per heavy atom. The number of aromatic nitrogens is 2. The van der Waals surface area contributed by atoms with Crippen LogP contribution in [-0.2, 0) is 13.1 Å². The summed E-state index contributed by atoms with van der Waals surface area (Å²) < 4.78 is 15.5. The number of hydrogen-bond acceptors (Lipinski definition) is 2. The number of nitrogens with zero attached hydrogens (tertiary/aromatic N) is 2. The molecule has 1 aromatic heterocycles. The Kier molecular flexibility index (Phi) is 3.66. The first-order chi connectivity index (χ1) is 9.20. The zero-order chi connectivity index (χ0) is 13.2. The lowest BCUT2D eigenvalue weighted by atomic mass is 10.2. The number of benzene rings is 1. The Morgan fingerprint density at radius 3 is 2.95 bits per heavy atom. The highest BCUT2D eigenvalue weighted by molar-refractivity contribution is 9.10. The third-order valence-corrected chi connectivity index (χ3v) is 3.80. The SMILES string of the molecule is Fc1ccc(Cn2cc(CNC3CC3)cn2)cc1Br. The van der Waals surface area contributed by atoms with E-state index in [9.17, 15) is 4.39 Å². The molecule has 1 saturated carbocycles. The topological polar surface area (TPSA) is 29.9 Å². The molecule has 1 aliphatic rings. The summed E-state index contributed by atoms with van der Waals surface area (Å²) in [7, 11) is 0. The van der Waals surface area contributed by atoms with Crippen molar-refractivity contribution in [1.82, 2.24) is 15.1 Å². The van der Waals surface area contributed by atoms with Gasteiger partial charge in [-0.1, -0.05) is 6.07 Å². The van der Waals surface area contributed by atoms with Crippen LogP contribution in [0.15, 0.2) is 35.1 Å². The zero-order valence-corrected chi connectivity index (χ0v) is 12.0. The molecular formula is C14H15BrFN3. The number of hydrogen-bond donors (Lipinski definition) is 1. The van der Waals surface area contributed by atoms with Crippen LogP contribution in [0, 0.1) is 5.82 Å². The van der Waals surface area contributed by atoms with Crippen LogP contribution in [0.25, 0.3) is 0 Å². The van der Waals surface area contributed by atoms with Gasteiger partial charge < -0.3 is 5.32 Å². The predicted octanol–water partition coefficient (Wildman–Crippen LogP) is 3.09. The minimum atomic E-state index is -0.237. The summed E-state index contributed by atoms with van der Waals surface area (Å²) in [5.41, 5.74) is 2.21. The van der Waals surface area contributed by atoms with Crippen LogP contribution in [0.4, 0.5) is 4.39 Å². The van der Waals surface area contributed by atoms with E-state index in [1.807, 2.05) is 17.1 Å². The van der Waals surface area contributed by atoms with Crippen LogP contribution in [0.5, 0.6) is 0 Å². The second-order valence-corrected chi connectivity index (χ2v) is 5.80. The van der Waals surface area contributed by atoms with E-state index in [1.54, 1.807) is 12.1 Å². The molecule has 3 rings (SSSR count). The minimum Gasteiger partial charge on any atom is -0.310 e. The largest absolute Gasteiger partial charge is 0.310 e. The molecule has 0 unspecified atom stereocenters. The third kappa shape index (κ3) is 3.42. The van der Waals surface area contributed by atoms with Crippen molar-refractivity contribution in [3.8, 4) is 0 Å². The molecule has 0 atom stereocenters. The molecule has 0 aliphatic heterocycles. The molecule has 2 aromatic rings.